The molecule has 0 aromatic carbocycles. The van der Waals surface area contributed by atoms with Crippen molar-refractivity contribution in [3.05, 3.63) is 0 Å². The minimum atomic E-state index is 0.0595. The Kier molecular flexibility index (Phi) is 6.11. The van der Waals surface area contributed by atoms with Crippen LogP contribution in [0.25, 0.3) is 0 Å². The van der Waals surface area contributed by atoms with Gasteiger partial charge < -0.3 is 15.4 Å². The maximum atomic E-state index is 11.8. The van der Waals surface area contributed by atoms with Crippen LogP contribution in [0.4, 0.5) is 0 Å². The smallest absolute Gasteiger partial charge is 0.222 e. The maximum absolute atomic E-state index is 11.8. The number of hydrogen-bond acceptors (Lipinski definition) is 3. The quantitative estimate of drug-likeness (QED) is 0.798. The predicted molar refractivity (Wildman–Crippen MR) is 76.0 cm³/mol. The molecule has 0 aromatic heterocycles. The van der Waals surface area contributed by atoms with Crippen molar-refractivity contribution in [3.63, 3.8) is 0 Å². The molecule has 1 unspecified atom stereocenters. The maximum Gasteiger partial charge on any atom is 0.222 e. The van der Waals surface area contributed by atoms with Crippen LogP contribution in [0.1, 0.15) is 45.4 Å². The molecule has 0 spiro atoms. The van der Waals surface area contributed by atoms with E-state index in [1.54, 1.807) is 0 Å². The first-order chi connectivity index (χ1) is 9.24. The number of ether oxygens (including phenoxy) is 1. The minimum absolute atomic E-state index is 0.0595. The van der Waals surface area contributed by atoms with E-state index in [9.17, 15) is 4.79 Å². The molecule has 1 aliphatic heterocycles. The number of morpholine rings is 1. The number of hydrogen-bond donors (Lipinski definition) is 2. The monoisotopic (exact) mass is 268 g/mol. The largest absolute Gasteiger partial charge is 0.375 e. The Morgan fingerprint density at radius 1 is 1.32 bits per heavy atom. The van der Waals surface area contributed by atoms with Gasteiger partial charge in [-0.3, -0.25) is 4.79 Å². The molecule has 0 bridgehead atoms. The van der Waals surface area contributed by atoms with Crippen LogP contribution in [0, 0.1) is 11.8 Å². The Bertz CT molecular complexity index is 269. The standard InChI is InChI=1S/C15H28N2O2/c1-12-2-4-13(5-3-12)6-7-17-15(18)10-14-11-16-8-9-19-14/h12-14,16H,2-11H2,1H3,(H,17,18). The molecule has 4 heteroatoms. The second-order valence-corrected chi connectivity index (χ2v) is 6.17. The summed E-state index contributed by atoms with van der Waals surface area (Å²) in [5.74, 6) is 1.86. The number of carbonyl (C=O) groups is 1. The van der Waals surface area contributed by atoms with Crippen molar-refractivity contribution in [2.45, 2.75) is 51.6 Å². The van der Waals surface area contributed by atoms with Gasteiger partial charge in [0.15, 0.2) is 0 Å². The van der Waals surface area contributed by atoms with Crippen LogP contribution in [0.3, 0.4) is 0 Å². The molecule has 4 nitrogen and oxygen atoms in total. The first-order valence-corrected chi connectivity index (χ1v) is 7.83. The highest BCUT2D eigenvalue weighted by atomic mass is 16.5. The second-order valence-electron chi connectivity index (χ2n) is 6.17. The molecule has 1 aliphatic carbocycles. The zero-order valence-corrected chi connectivity index (χ0v) is 12.1. The summed E-state index contributed by atoms with van der Waals surface area (Å²) >= 11 is 0. The van der Waals surface area contributed by atoms with Gasteiger partial charge >= 0.3 is 0 Å². The molecule has 2 aliphatic rings. The molecule has 2 fully saturated rings. The molecule has 110 valence electrons. The van der Waals surface area contributed by atoms with Crippen molar-refractivity contribution >= 4 is 5.91 Å². The van der Waals surface area contributed by atoms with Crippen molar-refractivity contribution in [1.29, 1.82) is 0 Å². The average Bonchev–Trinajstić information content (AvgIpc) is 2.42. The summed E-state index contributed by atoms with van der Waals surface area (Å²) < 4.78 is 5.53. The lowest BCUT2D eigenvalue weighted by Crippen LogP contribution is -2.41. The molecule has 0 radical (unpaired) electrons. The van der Waals surface area contributed by atoms with E-state index >= 15 is 0 Å². The first kappa shape index (κ1) is 14.8. The van der Waals surface area contributed by atoms with Gasteiger partial charge in [0.05, 0.1) is 19.1 Å². The van der Waals surface area contributed by atoms with Crippen LogP contribution >= 0.6 is 0 Å². The van der Waals surface area contributed by atoms with E-state index in [1.165, 1.54) is 25.7 Å². The lowest BCUT2D eigenvalue weighted by Gasteiger charge is -2.26. The summed E-state index contributed by atoms with van der Waals surface area (Å²) in [5.41, 5.74) is 0. The van der Waals surface area contributed by atoms with Crippen molar-refractivity contribution in [2.24, 2.45) is 11.8 Å². The van der Waals surface area contributed by atoms with Crippen LogP contribution in [-0.2, 0) is 9.53 Å². The fourth-order valence-electron chi connectivity index (χ4n) is 3.06. The van der Waals surface area contributed by atoms with E-state index in [0.29, 0.717) is 6.42 Å². The van der Waals surface area contributed by atoms with Crippen molar-refractivity contribution in [1.82, 2.24) is 10.6 Å². The van der Waals surface area contributed by atoms with Crippen molar-refractivity contribution in [2.75, 3.05) is 26.2 Å². The van der Waals surface area contributed by atoms with Crippen LogP contribution in [-0.4, -0.2) is 38.3 Å². The highest BCUT2D eigenvalue weighted by Crippen LogP contribution is 2.29. The number of rotatable bonds is 5. The molecule has 1 heterocycles. The first-order valence-electron chi connectivity index (χ1n) is 7.83. The van der Waals surface area contributed by atoms with Gasteiger partial charge in [0.1, 0.15) is 0 Å². The van der Waals surface area contributed by atoms with Crippen LogP contribution in [0.15, 0.2) is 0 Å². The van der Waals surface area contributed by atoms with Crippen molar-refractivity contribution in [3.8, 4) is 0 Å². The second kappa shape index (κ2) is 7.85. The fraction of sp³-hybridized carbons (Fsp3) is 0.933. The lowest BCUT2D eigenvalue weighted by molar-refractivity contribution is -0.124. The summed E-state index contributed by atoms with van der Waals surface area (Å²) in [6, 6.07) is 0. The zero-order chi connectivity index (χ0) is 13.5. The molecule has 0 aromatic rings. The third-order valence-electron chi connectivity index (χ3n) is 4.43. The molecular weight excluding hydrogens is 240 g/mol. The zero-order valence-electron chi connectivity index (χ0n) is 12.1. The summed E-state index contributed by atoms with van der Waals surface area (Å²) in [5, 5.41) is 6.29. The van der Waals surface area contributed by atoms with E-state index in [4.69, 9.17) is 4.74 Å². The molecule has 1 saturated carbocycles. The summed E-state index contributed by atoms with van der Waals surface area (Å²) in [6.45, 7) is 5.60. The van der Waals surface area contributed by atoms with E-state index in [2.05, 4.69) is 17.6 Å². The molecule has 1 amide bonds. The van der Waals surface area contributed by atoms with E-state index in [1.807, 2.05) is 0 Å². The van der Waals surface area contributed by atoms with E-state index < -0.39 is 0 Å². The predicted octanol–water partition coefficient (Wildman–Crippen LogP) is 1.70. The van der Waals surface area contributed by atoms with Gasteiger partial charge in [-0.1, -0.05) is 32.6 Å². The number of carbonyl (C=O) groups excluding carboxylic acids is 1. The molecule has 2 rings (SSSR count). The summed E-state index contributed by atoms with van der Waals surface area (Å²) in [4.78, 5) is 11.8. The topological polar surface area (TPSA) is 50.4 Å². The van der Waals surface area contributed by atoms with Gasteiger partial charge in [0, 0.05) is 19.6 Å². The van der Waals surface area contributed by atoms with Gasteiger partial charge in [-0.05, 0) is 18.3 Å². The summed E-state index contributed by atoms with van der Waals surface area (Å²) in [6.07, 6.45) is 7.10. The molecule has 1 saturated heterocycles. The van der Waals surface area contributed by atoms with Crippen LogP contribution < -0.4 is 10.6 Å². The average molecular weight is 268 g/mol. The number of nitrogens with one attached hydrogen (secondary N) is 2. The van der Waals surface area contributed by atoms with Gasteiger partial charge in [-0.2, -0.15) is 0 Å². The van der Waals surface area contributed by atoms with Gasteiger partial charge in [-0.15, -0.1) is 0 Å². The molecule has 2 N–H and O–H groups in total. The Hall–Kier alpha value is -0.610. The molecular formula is C15H28N2O2. The molecule has 1 atom stereocenters. The summed E-state index contributed by atoms with van der Waals surface area (Å²) in [7, 11) is 0. The number of amides is 1. The lowest BCUT2D eigenvalue weighted by atomic mass is 9.81. The fourth-order valence-corrected chi connectivity index (χ4v) is 3.06. The Morgan fingerprint density at radius 2 is 2.11 bits per heavy atom. The third kappa shape index (κ3) is 5.49. The van der Waals surface area contributed by atoms with Crippen LogP contribution in [0.2, 0.25) is 0 Å². The van der Waals surface area contributed by atoms with E-state index in [-0.39, 0.29) is 12.0 Å². The van der Waals surface area contributed by atoms with E-state index in [0.717, 1.165) is 44.5 Å². The van der Waals surface area contributed by atoms with Crippen LogP contribution in [0.5, 0.6) is 0 Å². The van der Waals surface area contributed by atoms with Gasteiger partial charge in [-0.25, -0.2) is 0 Å². The SMILES string of the molecule is CC1CCC(CCNC(=O)CC2CNCCO2)CC1. The third-order valence-corrected chi connectivity index (χ3v) is 4.43. The van der Waals surface area contributed by atoms with Gasteiger partial charge in [0.2, 0.25) is 5.91 Å². The Morgan fingerprint density at radius 3 is 2.79 bits per heavy atom. The highest BCUT2D eigenvalue weighted by molar-refractivity contribution is 5.76. The highest BCUT2D eigenvalue weighted by Gasteiger charge is 2.19. The minimum Gasteiger partial charge on any atom is -0.375 e. The molecule has 19 heavy (non-hydrogen) atoms. The Labute approximate surface area is 116 Å². The van der Waals surface area contributed by atoms with Gasteiger partial charge in [0.25, 0.3) is 0 Å². The van der Waals surface area contributed by atoms with Crippen molar-refractivity contribution < 1.29 is 9.53 Å². The normalized spacial score (nSPS) is 31.9. The Balaban J connectivity index is 1.53.